The van der Waals surface area contributed by atoms with Gasteiger partial charge in [-0.3, -0.25) is 19.8 Å². The highest BCUT2D eigenvalue weighted by molar-refractivity contribution is 6.00. The molecule has 2 amide bonds. The molecule has 1 aromatic rings. The molecule has 0 spiro atoms. The van der Waals surface area contributed by atoms with Crippen molar-refractivity contribution in [3.63, 3.8) is 0 Å². The highest BCUT2D eigenvalue weighted by atomic mass is 16.5. The lowest BCUT2D eigenvalue weighted by Gasteiger charge is -2.33. The molecule has 2 aliphatic rings. The van der Waals surface area contributed by atoms with E-state index in [0.717, 1.165) is 17.7 Å². The first-order valence-electron chi connectivity index (χ1n) is 6.95. The summed E-state index contributed by atoms with van der Waals surface area (Å²) in [4.78, 5) is 24.9. The third kappa shape index (κ3) is 2.29. The van der Waals surface area contributed by atoms with Gasteiger partial charge in [0, 0.05) is 31.5 Å². The second-order valence-electron chi connectivity index (χ2n) is 5.28. The van der Waals surface area contributed by atoms with Gasteiger partial charge in [0.2, 0.25) is 11.8 Å². The van der Waals surface area contributed by atoms with Crippen LogP contribution >= 0.6 is 0 Å². The molecule has 2 unspecified atom stereocenters. The fourth-order valence-corrected chi connectivity index (χ4v) is 2.83. The van der Waals surface area contributed by atoms with E-state index in [2.05, 4.69) is 5.32 Å². The van der Waals surface area contributed by atoms with E-state index in [9.17, 15) is 9.59 Å². The molecule has 1 N–H and O–H groups in total. The zero-order valence-electron chi connectivity index (χ0n) is 11.5. The van der Waals surface area contributed by atoms with Crippen LogP contribution in [0.15, 0.2) is 24.3 Å². The quantitative estimate of drug-likeness (QED) is 0.825. The Bertz CT molecular complexity index is 544. The first-order valence-corrected chi connectivity index (χ1v) is 6.95. The number of rotatable bonds is 2. The number of carbonyl (C=O) groups excluding carboxylic acids is 2. The molecule has 0 radical (unpaired) electrons. The van der Waals surface area contributed by atoms with Gasteiger partial charge in [-0.15, -0.1) is 0 Å². The number of hydrogen-bond donors (Lipinski definition) is 1. The van der Waals surface area contributed by atoms with Gasteiger partial charge in [0.1, 0.15) is 5.75 Å². The van der Waals surface area contributed by atoms with E-state index in [1.807, 2.05) is 24.3 Å². The Hall–Kier alpha value is -1.88. The lowest BCUT2D eigenvalue weighted by molar-refractivity contribution is -0.148. The number of amides is 2. The van der Waals surface area contributed by atoms with Crippen LogP contribution in [0.2, 0.25) is 0 Å². The molecule has 2 heterocycles. The van der Waals surface area contributed by atoms with Crippen molar-refractivity contribution >= 4 is 11.8 Å². The highest BCUT2D eigenvalue weighted by Crippen LogP contribution is 2.32. The van der Waals surface area contributed by atoms with E-state index in [-0.39, 0.29) is 23.9 Å². The number of fused-ring (bicyclic) bond motifs is 1. The Morgan fingerprint density at radius 3 is 2.85 bits per heavy atom. The van der Waals surface area contributed by atoms with Gasteiger partial charge in [0.05, 0.1) is 12.6 Å². The summed E-state index contributed by atoms with van der Waals surface area (Å²) in [6.45, 7) is 0.643. The summed E-state index contributed by atoms with van der Waals surface area (Å²) in [7, 11) is 1.55. The molecule has 1 fully saturated rings. The Morgan fingerprint density at radius 1 is 1.20 bits per heavy atom. The number of carbonyl (C=O) groups is 2. The van der Waals surface area contributed by atoms with Crippen molar-refractivity contribution in [3.05, 3.63) is 29.8 Å². The van der Waals surface area contributed by atoms with Crippen molar-refractivity contribution in [3.8, 4) is 5.75 Å². The maximum Gasteiger partial charge on any atom is 0.246 e. The smallest absolute Gasteiger partial charge is 0.246 e. The summed E-state index contributed by atoms with van der Waals surface area (Å²) in [6, 6.07) is 7.71. The third-order valence-corrected chi connectivity index (χ3v) is 4.01. The van der Waals surface area contributed by atoms with Crippen LogP contribution in [0, 0.1) is 0 Å². The standard InChI is InChI=1S/C15H18N2O3/c1-17-14(18)7-6-12(15(17)19)16-11-8-9-20-13-5-3-2-4-10(11)13/h2-5,11-12,16H,6-9H2,1H3. The minimum absolute atomic E-state index is 0.0968. The molecule has 1 saturated heterocycles. The first-order chi connectivity index (χ1) is 9.66. The van der Waals surface area contributed by atoms with E-state index < -0.39 is 0 Å². The normalized spacial score (nSPS) is 26.1. The predicted molar refractivity (Wildman–Crippen MR) is 73.2 cm³/mol. The summed E-state index contributed by atoms with van der Waals surface area (Å²) >= 11 is 0. The van der Waals surface area contributed by atoms with Crippen molar-refractivity contribution in [2.24, 2.45) is 0 Å². The number of nitrogens with zero attached hydrogens (tertiary/aromatic N) is 1. The van der Waals surface area contributed by atoms with Gasteiger partial charge in [0.15, 0.2) is 0 Å². The largest absolute Gasteiger partial charge is 0.493 e. The Morgan fingerprint density at radius 2 is 2.00 bits per heavy atom. The number of para-hydroxylation sites is 1. The van der Waals surface area contributed by atoms with Crippen molar-refractivity contribution < 1.29 is 14.3 Å². The maximum absolute atomic E-state index is 12.1. The highest BCUT2D eigenvalue weighted by Gasteiger charge is 2.34. The molecule has 0 saturated carbocycles. The van der Waals surface area contributed by atoms with Crippen LogP contribution in [0.3, 0.4) is 0 Å². The van der Waals surface area contributed by atoms with Crippen LogP contribution in [-0.4, -0.2) is 36.4 Å². The minimum Gasteiger partial charge on any atom is -0.493 e. The number of hydrogen-bond acceptors (Lipinski definition) is 4. The zero-order valence-corrected chi connectivity index (χ0v) is 11.5. The van der Waals surface area contributed by atoms with Gasteiger partial charge < -0.3 is 4.74 Å². The van der Waals surface area contributed by atoms with E-state index in [1.54, 1.807) is 7.05 Å². The van der Waals surface area contributed by atoms with Crippen LogP contribution in [0.5, 0.6) is 5.75 Å². The molecule has 2 atom stereocenters. The molecule has 3 rings (SSSR count). The number of piperidine rings is 1. The third-order valence-electron chi connectivity index (χ3n) is 4.01. The second-order valence-corrected chi connectivity index (χ2v) is 5.28. The zero-order chi connectivity index (χ0) is 14.1. The van der Waals surface area contributed by atoms with Crippen LogP contribution in [0.1, 0.15) is 30.9 Å². The number of imide groups is 1. The van der Waals surface area contributed by atoms with Gasteiger partial charge >= 0.3 is 0 Å². The molecule has 106 valence electrons. The van der Waals surface area contributed by atoms with E-state index >= 15 is 0 Å². The number of ether oxygens (including phenoxy) is 1. The van der Waals surface area contributed by atoms with Crippen LogP contribution in [-0.2, 0) is 9.59 Å². The fraction of sp³-hybridized carbons (Fsp3) is 0.467. The molecule has 1 aromatic carbocycles. The van der Waals surface area contributed by atoms with Crippen molar-refractivity contribution in [2.45, 2.75) is 31.3 Å². The fourth-order valence-electron chi connectivity index (χ4n) is 2.83. The monoisotopic (exact) mass is 274 g/mol. The van der Waals surface area contributed by atoms with Gasteiger partial charge in [-0.05, 0) is 12.5 Å². The van der Waals surface area contributed by atoms with Gasteiger partial charge in [-0.25, -0.2) is 0 Å². The maximum atomic E-state index is 12.1. The topological polar surface area (TPSA) is 58.6 Å². The SMILES string of the molecule is CN1C(=O)CCC(NC2CCOc3ccccc32)C1=O. The number of nitrogens with one attached hydrogen (secondary N) is 1. The first kappa shape index (κ1) is 13.1. The average Bonchev–Trinajstić information content (AvgIpc) is 2.48. The number of likely N-dealkylation sites (N-methyl/N-ethyl adjacent to an activating group) is 1. The van der Waals surface area contributed by atoms with E-state index in [0.29, 0.717) is 19.4 Å². The number of benzene rings is 1. The van der Waals surface area contributed by atoms with Crippen molar-refractivity contribution in [1.82, 2.24) is 10.2 Å². The predicted octanol–water partition coefficient (Wildman–Crippen LogP) is 1.25. The Labute approximate surface area is 117 Å². The molecule has 2 aliphatic heterocycles. The minimum atomic E-state index is -0.283. The van der Waals surface area contributed by atoms with E-state index in [1.165, 1.54) is 4.90 Å². The molecular weight excluding hydrogens is 256 g/mol. The summed E-state index contributed by atoms with van der Waals surface area (Å²) in [5, 5.41) is 3.39. The van der Waals surface area contributed by atoms with Crippen LogP contribution in [0.4, 0.5) is 0 Å². The second kappa shape index (κ2) is 5.25. The Kier molecular flexibility index (Phi) is 3.44. The molecular formula is C15H18N2O3. The summed E-state index contributed by atoms with van der Waals surface area (Å²) in [6.07, 6.45) is 1.82. The lowest BCUT2D eigenvalue weighted by atomic mass is 9.97. The molecule has 0 aromatic heterocycles. The summed E-state index contributed by atoms with van der Waals surface area (Å²) in [5.74, 6) is 0.648. The molecule has 5 nitrogen and oxygen atoms in total. The summed E-state index contributed by atoms with van der Waals surface area (Å²) < 4.78 is 5.62. The molecule has 0 bridgehead atoms. The van der Waals surface area contributed by atoms with Gasteiger partial charge in [-0.1, -0.05) is 18.2 Å². The Balaban J connectivity index is 1.76. The van der Waals surface area contributed by atoms with Gasteiger partial charge in [0.25, 0.3) is 0 Å². The van der Waals surface area contributed by atoms with E-state index in [4.69, 9.17) is 4.74 Å². The van der Waals surface area contributed by atoms with Gasteiger partial charge in [-0.2, -0.15) is 0 Å². The molecule has 5 heteroatoms. The molecule has 0 aliphatic carbocycles. The van der Waals surface area contributed by atoms with Crippen LogP contribution in [0.25, 0.3) is 0 Å². The van der Waals surface area contributed by atoms with Crippen molar-refractivity contribution in [1.29, 1.82) is 0 Å². The summed E-state index contributed by atoms with van der Waals surface area (Å²) in [5.41, 5.74) is 1.09. The van der Waals surface area contributed by atoms with Crippen molar-refractivity contribution in [2.75, 3.05) is 13.7 Å². The molecule has 20 heavy (non-hydrogen) atoms. The lowest BCUT2D eigenvalue weighted by Crippen LogP contribution is -2.52. The number of likely N-dealkylation sites (tertiary alicyclic amines) is 1. The average molecular weight is 274 g/mol. The van der Waals surface area contributed by atoms with Crippen LogP contribution < -0.4 is 10.1 Å².